The number of hydrogen-bond acceptors (Lipinski definition) is 5. The number of ether oxygens (including phenoxy) is 1. The third kappa shape index (κ3) is 3.34. The second kappa shape index (κ2) is 5.88. The average molecular weight is 314 g/mol. The second-order valence-corrected chi connectivity index (χ2v) is 6.47. The van der Waals surface area contributed by atoms with E-state index in [1.165, 1.54) is 0 Å². The molecule has 122 valence electrons. The molecule has 0 fully saturated rings. The Morgan fingerprint density at radius 2 is 2.09 bits per heavy atom. The van der Waals surface area contributed by atoms with Crippen LogP contribution in [0.15, 0.2) is 30.6 Å². The third-order valence-corrected chi connectivity index (χ3v) is 3.57. The Bertz CT molecular complexity index is 834. The van der Waals surface area contributed by atoms with E-state index in [0.717, 1.165) is 27.6 Å². The minimum absolute atomic E-state index is 0.304. The van der Waals surface area contributed by atoms with Crippen LogP contribution in [0.5, 0.6) is 0 Å². The maximum Gasteiger partial charge on any atom is 0.113 e. The molecule has 0 bridgehead atoms. The number of aliphatic hydroxyl groups is 1. The smallest absolute Gasteiger partial charge is 0.113 e. The Morgan fingerprint density at radius 1 is 1.35 bits per heavy atom. The van der Waals surface area contributed by atoms with Crippen molar-refractivity contribution in [1.82, 2.24) is 14.5 Å². The summed E-state index contributed by atoms with van der Waals surface area (Å²) >= 11 is 0. The summed E-state index contributed by atoms with van der Waals surface area (Å²) < 4.78 is 7.48. The van der Waals surface area contributed by atoms with Crippen molar-refractivity contribution < 1.29 is 9.84 Å². The number of benzene rings is 1. The summed E-state index contributed by atoms with van der Waals surface area (Å²) in [6.07, 6.45) is 1.38. The zero-order chi connectivity index (χ0) is 16.6. The van der Waals surface area contributed by atoms with Gasteiger partial charge in [-0.15, -0.1) is 0 Å². The molecule has 0 saturated carbocycles. The first kappa shape index (κ1) is 15.9. The van der Waals surface area contributed by atoms with Crippen LogP contribution in [0.3, 0.4) is 0 Å². The van der Waals surface area contributed by atoms with Crippen LogP contribution < -0.4 is 5.73 Å². The number of aromatic nitrogens is 3. The maximum absolute atomic E-state index is 10.2. The number of rotatable bonds is 5. The lowest BCUT2D eigenvalue weighted by molar-refractivity contribution is 0.0564. The summed E-state index contributed by atoms with van der Waals surface area (Å²) in [6.45, 7) is 6.10. The molecule has 2 heterocycles. The van der Waals surface area contributed by atoms with Crippen molar-refractivity contribution in [1.29, 1.82) is 0 Å². The van der Waals surface area contributed by atoms with E-state index in [9.17, 15) is 5.11 Å². The van der Waals surface area contributed by atoms with E-state index in [1.54, 1.807) is 27.1 Å². The van der Waals surface area contributed by atoms with Crippen LogP contribution in [0.4, 0.5) is 0 Å². The fourth-order valence-corrected chi connectivity index (χ4v) is 2.69. The molecule has 3 rings (SSSR count). The number of pyridine rings is 1. The van der Waals surface area contributed by atoms with Crippen LogP contribution in [0.1, 0.15) is 26.5 Å². The van der Waals surface area contributed by atoms with E-state index < -0.39 is 5.60 Å². The predicted molar refractivity (Wildman–Crippen MR) is 89.8 cm³/mol. The van der Waals surface area contributed by atoms with E-state index in [4.69, 9.17) is 10.5 Å². The van der Waals surface area contributed by atoms with Crippen LogP contribution in [-0.2, 0) is 17.9 Å². The minimum Gasteiger partial charge on any atom is -0.389 e. The highest BCUT2D eigenvalue weighted by atomic mass is 16.5. The van der Waals surface area contributed by atoms with Crippen molar-refractivity contribution in [2.24, 2.45) is 5.73 Å². The number of hydrogen-bond donors (Lipinski definition) is 2. The van der Waals surface area contributed by atoms with Gasteiger partial charge in [0.2, 0.25) is 0 Å². The van der Waals surface area contributed by atoms with E-state index in [-0.39, 0.29) is 6.23 Å². The first-order chi connectivity index (χ1) is 10.8. The highest BCUT2D eigenvalue weighted by Crippen LogP contribution is 2.27. The summed E-state index contributed by atoms with van der Waals surface area (Å²) in [4.78, 5) is 9.17. The van der Waals surface area contributed by atoms with Crippen LogP contribution >= 0.6 is 0 Å². The Kier molecular flexibility index (Phi) is 4.06. The van der Waals surface area contributed by atoms with Crippen molar-refractivity contribution in [3.63, 3.8) is 0 Å². The van der Waals surface area contributed by atoms with Crippen molar-refractivity contribution in [2.75, 3.05) is 0 Å². The van der Waals surface area contributed by atoms with E-state index in [2.05, 4.69) is 9.97 Å². The van der Waals surface area contributed by atoms with Gasteiger partial charge in [0, 0.05) is 5.39 Å². The summed E-state index contributed by atoms with van der Waals surface area (Å²) in [7, 11) is 0. The zero-order valence-corrected chi connectivity index (χ0v) is 13.7. The molecule has 1 atom stereocenters. The fourth-order valence-electron chi connectivity index (χ4n) is 2.69. The molecule has 23 heavy (non-hydrogen) atoms. The highest BCUT2D eigenvalue weighted by molar-refractivity contribution is 6.03. The molecule has 0 amide bonds. The molecular weight excluding hydrogens is 292 g/mol. The van der Waals surface area contributed by atoms with Crippen molar-refractivity contribution >= 4 is 21.9 Å². The Hall–Kier alpha value is -2.02. The largest absolute Gasteiger partial charge is 0.389 e. The summed E-state index contributed by atoms with van der Waals surface area (Å²) in [5.41, 5.74) is 8.22. The Balaban J connectivity index is 2.20. The van der Waals surface area contributed by atoms with Gasteiger partial charge in [-0.05, 0) is 26.8 Å². The predicted octanol–water partition coefficient (Wildman–Crippen LogP) is 2.18. The van der Waals surface area contributed by atoms with Gasteiger partial charge < -0.3 is 20.1 Å². The zero-order valence-electron chi connectivity index (χ0n) is 13.7. The highest BCUT2D eigenvalue weighted by Gasteiger charge is 2.19. The van der Waals surface area contributed by atoms with Gasteiger partial charge in [-0.1, -0.05) is 18.2 Å². The van der Waals surface area contributed by atoms with Gasteiger partial charge >= 0.3 is 0 Å². The maximum atomic E-state index is 10.2. The molecule has 0 saturated heterocycles. The van der Waals surface area contributed by atoms with Gasteiger partial charge in [-0.25, -0.2) is 9.97 Å². The van der Waals surface area contributed by atoms with E-state index >= 15 is 0 Å². The first-order valence-corrected chi connectivity index (χ1v) is 7.67. The van der Waals surface area contributed by atoms with Gasteiger partial charge in [0.25, 0.3) is 0 Å². The first-order valence-electron chi connectivity index (χ1n) is 7.67. The molecule has 2 aromatic heterocycles. The molecule has 0 spiro atoms. The van der Waals surface area contributed by atoms with Crippen LogP contribution in [0.2, 0.25) is 0 Å². The molecule has 1 aromatic carbocycles. The van der Waals surface area contributed by atoms with Gasteiger partial charge in [0.15, 0.2) is 0 Å². The second-order valence-electron chi connectivity index (χ2n) is 6.47. The lowest BCUT2D eigenvalue weighted by atomic mass is 10.1. The van der Waals surface area contributed by atoms with E-state index in [1.807, 2.05) is 28.8 Å². The summed E-state index contributed by atoms with van der Waals surface area (Å²) in [5, 5.41) is 11.2. The van der Waals surface area contributed by atoms with Crippen LogP contribution in [0.25, 0.3) is 21.9 Å². The van der Waals surface area contributed by atoms with Crippen molar-refractivity contribution in [2.45, 2.75) is 45.8 Å². The summed E-state index contributed by atoms with van der Waals surface area (Å²) in [6, 6.07) is 7.91. The molecule has 0 aliphatic carbocycles. The number of imidazole rings is 1. The summed E-state index contributed by atoms with van der Waals surface area (Å²) in [5.74, 6) is 0. The normalized spacial score (nSPS) is 13.8. The number of nitrogens with zero attached hydrogens (tertiary/aromatic N) is 3. The Labute approximate surface area is 134 Å². The SMILES string of the molecule is CC(N)OCc1nc2ccccc2c2c1ncn2CC(C)(C)O. The standard InChI is InChI=1S/C17H22N4O2/c1-11(18)23-8-14-15-16(12-6-4-5-7-13(12)20-14)21(10-19-15)9-17(2,3)22/h4-7,10-11,22H,8-9,18H2,1-3H3. The minimum atomic E-state index is -0.833. The number of fused-ring (bicyclic) bond motifs is 3. The Morgan fingerprint density at radius 3 is 2.78 bits per heavy atom. The van der Waals surface area contributed by atoms with Gasteiger partial charge in [-0.2, -0.15) is 0 Å². The van der Waals surface area contributed by atoms with Gasteiger partial charge in [0.05, 0.1) is 41.8 Å². The van der Waals surface area contributed by atoms with Crippen molar-refractivity contribution in [3.8, 4) is 0 Å². The van der Waals surface area contributed by atoms with E-state index in [0.29, 0.717) is 13.2 Å². The molecule has 0 aliphatic rings. The lowest BCUT2D eigenvalue weighted by Gasteiger charge is -2.19. The molecule has 0 aliphatic heterocycles. The lowest BCUT2D eigenvalue weighted by Crippen LogP contribution is -2.25. The molecule has 0 radical (unpaired) electrons. The average Bonchev–Trinajstić information content (AvgIpc) is 2.87. The number of nitrogens with two attached hydrogens (primary N) is 1. The topological polar surface area (TPSA) is 86.2 Å². The van der Waals surface area contributed by atoms with Gasteiger partial charge in [-0.3, -0.25) is 0 Å². The monoisotopic (exact) mass is 314 g/mol. The number of para-hydroxylation sites is 1. The molecule has 6 nitrogen and oxygen atoms in total. The molecule has 6 heteroatoms. The molecular formula is C17H22N4O2. The molecule has 3 aromatic rings. The molecule has 1 unspecified atom stereocenters. The third-order valence-electron chi connectivity index (χ3n) is 3.57. The fraction of sp³-hybridized carbons (Fsp3) is 0.412. The molecule has 3 N–H and O–H groups in total. The van der Waals surface area contributed by atoms with Crippen molar-refractivity contribution in [3.05, 3.63) is 36.3 Å². The van der Waals surface area contributed by atoms with Crippen LogP contribution in [-0.4, -0.2) is 31.5 Å². The quantitative estimate of drug-likeness (QED) is 0.705. The van der Waals surface area contributed by atoms with Gasteiger partial charge in [0.1, 0.15) is 11.7 Å². The van der Waals surface area contributed by atoms with Crippen LogP contribution in [0, 0.1) is 0 Å².